The first-order valence-corrected chi connectivity index (χ1v) is 12.2. The van der Waals surface area contributed by atoms with Crippen LogP contribution in [0.1, 0.15) is 28.5 Å². The minimum Gasteiger partial charge on any atom is -0.490 e. The summed E-state index contributed by atoms with van der Waals surface area (Å²) in [7, 11) is 1.68. The molecule has 5 rings (SSSR count). The quantitative estimate of drug-likeness (QED) is 0.285. The minimum absolute atomic E-state index is 0.00301. The molecule has 1 atom stereocenters. The summed E-state index contributed by atoms with van der Waals surface area (Å²) in [6.45, 7) is 1.92. The van der Waals surface area contributed by atoms with Crippen molar-refractivity contribution in [3.05, 3.63) is 102 Å². The van der Waals surface area contributed by atoms with Crippen molar-refractivity contribution in [3.63, 3.8) is 0 Å². The number of hydrogen-bond donors (Lipinski definition) is 1. The van der Waals surface area contributed by atoms with E-state index in [1.54, 1.807) is 7.11 Å². The van der Waals surface area contributed by atoms with Gasteiger partial charge < -0.3 is 24.4 Å². The monoisotopic (exact) mass is 482 g/mol. The molecule has 0 saturated carbocycles. The summed E-state index contributed by atoms with van der Waals surface area (Å²) in [5.41, 5.74) is 2.43. The predicted molar refractivity (Wildman–Crippen MR) is 142 cm³/mol. The molecule has 0 aromatic heterocycles. The molecular formula is C30H30N2O4. The van der Waals surface area contributed by atoms with E-state index in [0.717, 1.165) is 39.9 Å². The first kappa shape index (κ1) is 23.7. The second kappa shape index (κ2) is 11.1. The average molecular weight is 483 g/mol. The van der Waals surface area contributed by atoms with Crippen LogP contribution in [0, 0.1) is 0 Å². The maximum Gasteiger partial charge on any atom is 0.257 e. The molecule has 4 aromatic rings. The van der Waals surface area contributed by atoms with Crippen LogP contribution in [0.4, 0.5) is 5.69 Å². The van der Waals surface area contributed by atoms with E-state index >= 15 is 0 Å². The molecule has 0 bridgehead atoms. The van der Waals surface area contributed by atoms with E-state index in [4.69, 9.17) is 14.2 Å². The highest BCUT2D eigenvalue weighted by Gasteiger charge is 2.35. The van der Waals surface area contributed by atoms with Crippen LogP contribution >= 0.6 is 0 Å². The van der Waals surface area contributed by atoms with Gasteiger partial charge in [-0.25, -0.2) is 0 Å². The highest BCUT2D eigenvalue weighted by atomic mass is 16.5. The minimum atomic E-state index is -0.389. The third-order valence-electron chi connectivity index (χ3n) is 6.33. The highest BCUT2D eigenvalue weighted by molar-refractivity contribution is 6.02. The number of nitrogens with one attached hydrogen (secondary N) is 1. The predicted octanol–water partition coefficient (Wildman–Crippen LogP) is 5.90. The molecule has 0 saturated heterocycles. The van der Waals surface area contributed by atoms with Gasteiger partial charge in [0.25, 0.3) is 5.91 Å². The van der Waals surface area contributed by atoms with Gasteiger partial charge >= 0.3 is 0 Å². The molecule has 0 spiro atoms. The Balaban J connectivity index is 1.49. The zero-order valence-electron chi connectivity index (χ0n) is 20.4. The summed E-state index contributed by atoms with van der Waals surface area (Å²) >= 11 is 0. The van der Waals surface area contributed by atoms with Crippen molar-refractivity contribution < 1.29 is 19.0 Å². The fourth-order valence-electron chi connectivity index (χ4n) is 4.64. The van der Waals surface area contributed by atoms with E-state index in [1.807, 2.05) is 77.7 Å². The Hall–Kier alpha value is -4.03. The van der Waals surface area contributed by atoms with Crippen molar-refractivity contribution in [2.24, 2.45) is 0 Å². The van der Waals surface area contributed by atoms with Gasteiger partial charge in [-0.05, 0) is 47.5 Å². The van der Waals surface area contributed by atoms with Gasteiger partial charge in [0.2, 0.25) is 0 Å². The molecule has 1 amide bonds. The molecule has 0 fully saturated rings. The van der Waals surface area contributed by atoms with Crippen molar-refractivity contribution in [1.82, 2.24) is 4.90 Å². The number of anilines is 1. The second-order valence-corrected chi connectivity index (χ2v) is 8.65. The maximum atomic E-state index is 13.6. The fraction of sp³-hybridized carbons (Fsp3) is 0.233. The van der Waals surface area contributed by atoms with Crippen molar-refractivity contribution in [2.45, 2.75) is 12.6 Å². The van der Waals surface area contributed by atoms with E-state index in [0.29, 0.717) is 31.9 Å². The molecule has 4 aromatic carbocycles. The van der Waals surface area contributed by atoms with Crippen LogP contribution in [0.2, 0.25) is 0 Å². The standard InChI is InChI=1S/C30H30N2O4/c1-34-19-9-18-32-29(31-26-15-8-7-14-25(26)30(32)33)28-24-13-6-5-10-22(24)16-17-27(28)36-21-20-35-23-11-3-2-4-12-23/h2-8,10-17,29,31H,9,18-21H2,1H3. The lowest BCUT2D eigenvalue weighted by Gasteiger charge is -2.39. The molecule has 1 aliphatic rings. The van der Waals surface area contributed by atoms with Crippen molar-refractivity contribution in [2.75, 3.05) is 38.8 Å². The summed E-state index contributed by atoms with van der Waals surface area (Å²) in [6, 6.07) is 29.6. The number of methoxy groups -OCH3 is 1. The van der Waals surface area contributed by atoms with Crippen LogP contribution < -0.4 is 14.8 Å². The molecule has 0 radical (unpaired) electrons. The zero-order chi connectivity index (χ0) is 24.7. The lowest BCUT2D eigenvalue weighted by molar-refractivity contribution is 0.0658. The van der Waals surface area contributed by atoms with E-state index in [1.165, 1.54) is 0 Å². The molecule has 1 heterocycles. The fourth-order valence-corrected chi connectivity index (χ4v) is 4.64. The second-order valence-electron chi connectivity index (χ2n) is 8.65. The number of nitrogens with zero attached hydrogens (tertiary/aromatic N) is 1. The molecular weight excluding hydrogens is 452 g/mol. The highest BCUT2D eigenvalue weighted by Crippen LogP contribution is 2.40. The van der Waals surface area contributed by atoms with Crippen LogP contribution in [0.3, 0.4) is 0 Å². The number of amides is 1. The van der Waals surface area contributed by atoms with Crippen molar-refractivity contribution in [1.29, 1.82) is 0 Å². The Morgan fingerprint density at radius 1 is 0.806 bits per heavy atom. The summed E-state index contributed by atoms with van der Waals surface area (Å²) in [6.07, 6.45) is 0.342. The Kier molecular flexibility index (Phi) is 7.33. The number of carbonyl (C=O) groups excluding carboxylic acids is 1. The Morgan fingerprint density at radius 2 is 1.56 bits per heavy atom. The Labute approximate surface area is 211 Å². The molecule has 6 nitrogen and oxygen atoms in total. The smallest absolute Gasteiger partial charge is 0.257 e. The number of benzene rings is 4. The number of fused-ring (bicyclic) bond motifs is 2. The first-order chi connectivity index (χ1) is 17.8. The largest absolute Gasteiger partial charge is 0.490 e. The van der Waals surface area contributed by atoms with Gasteiger partial charge in [-0.3, -0.25) is 4.79 Å². The maximum absolute atomic E-state index is 13.6. The van der Waals surface area contributed by atoms with E-state index in [9.17, 15) is 4.79 Å². The van der Waals surface area contributed by atoms with Crippen LogP contribution in [0.25, 0.3) is 10.8 Å². The lowest BCUT2D eigenvalue weighted by Crippen LogP contribution is -2.44. The van der Waals surface area contributed by atoms with Crippen molar-refractivity contribution >= 4 is 22.4 Å². The van der Waals surface area contributed by atoms with Crippen LogP contribution in [-0.2, 0) is 4.74 Å². The molecule has 36 heavy (non-hydrogen) atoms. The summed E-state index contributed by atoms with van der Waals surface area (Å²) in [4.78, 5) is 15.5. The number of carbonyl (C=O) groups is 1. The van der Waals surface area contributed by atoms with Crippen LogP contribution in [-0.4, -0.2) is 44.3 Å². The molecule has 184 valence electrons. The molecule has 1 unspecified atom stereocenters. The number of para-hydroxylation sites is 2. The number of ether oxygens (including phenoxy) is 3. The van der Waals surface area contributed by atoms with Crippen LogP contribution in [0.5, 0.6) is 11.5 Å². The lowest BCUT2D eigenvalue weighted by atomic mass is 9.97. The van der Waals surface area contributed by atoms with Gasteiger partial charge in [-0.2, -0.15) is 0 Å². The molecule has 6 heteroatoms. The van der Waals surface area contributed by atoms with Gasteiger partial charge in [0.15, 0.2) is 0 Å². The molecule has 0 aliphatic carbocycles. The first-order valence-electron chi connectivity index (χ1n) is 12.2. The molecule has 1 N–H and O–H groups in total. The molecule has 1 aliphatic heterocycles. The zero-order valence-corrected chi connectivity index (χ0v) is 20.4. The van der Waals surface area contributed by atoms with E-state index in [2.05, 4.69) is 23.5 Å². The van der Waals surface area contributed by atoms with E-state index in [-0.39, 0.29) is 12.1 Å². The Morgan fingerprint density at radius 3 is 2.42 bits per heavy atom. The van der Waals surface area contributed by atoms with Crippen molar-refractivity contribution in [3.8, 4) is 11.5 Å². The summed E-state index contributed by atoms with van der Waals surface area (Å²) in [5.74, 6) is 1.53. The summed E-state index contributed by atoms with van der Waals surface area (Å²) in [5, 5.41) is 5.75. The SMILES string of the molecule is COCCCN1C(=O)c2ccccc2NC1c1c(OCCOc2ccccc2)ccc2ccccc12. The third kappa shape index (κ3) is 4.99. The third-order valence-corrected chi connectivity index (χ3v) is 6.33. The Bertz CT molecular complexity index is 1330. The van der Waals surface area contributed by atoms with Gasteiger partial charge in [0, 0.05) is 31.5 Å². The topological polar surface area (TPSA) is 60.0 Å². The average Bonchev–Trinajstić information content (AvgIpc) is 2.93. The van der Waals surface area contributed by atoms with E-state index < -0.39 is 0 Å². The number of hydrogen-bond acceptors (Lipinski definition) is 5. The summed E-state index contributed by atoms with van der Waals surface area (Å²) < 4.78 is 17.4. The van der Waals surface area contributed by atoms with Gasteiger partial charge in [0.05, 0.1) is 5.56 Å². The van der Waals surface area contributed by atoms with Gasteiger partial charge in [0.1, 0.15) is 30.9 Å². The van der Waals surface area contributed by atoms with Gasteiger partial charge in [-0.1, -0.05) is 60.7 Å². The van der Waals surface area contributed by atoms with Crippen LogP contribution in [0.15, 0.2) is 91.0 Å². The normalized spacial score (nSPS) is 14.9. The van der Waals surface area contributed by atoms with Gasteiger partial charge in [-0.15, -0.1) is 0 Å². The number of rotatable bonds is 10.